The maximum atomic E-state index is 5.93. The number of aryl methyl sites for hydroxylation is 1. The van der Waals surface area contributed by atoms with Crippen molar-refractivity contribution in [2.24, 2.45) is 0 Å². The molecule has 0 saturated carbocycles. The molecule has 0 aliphatic heterocycles. The number of hydrogen-bond acceptors (Lipinski definition) is 3. The van der Waals surface area contributed by atoms with Gasteiger partial charge in [0, 0.05) is 16.8 Å². The topological polar surface area (TPSA) is 38.9 Å². The molecular formula is C13H9ClN2O. The van der Waals surface area contributed by atoms with E-state index in [1.54, 1.807) is 6.20 Å². The first-order chi connectivity index (χ1) is 8.22. The maximum Gasteiger partial charge on any atom is 0.247 e. The van der Waals surface area contributed by atoms with Crippen LogP contribution in [0.25, 0.3) is 22.7 Å². The fourth-order valence-electron chi connectivity index (χ4n) is 1.67. The second kappa shape index (κ2) is 3.86. The zero-order valence-electron chi connectivity index (χ0n) is 9.14. The van der Waals surface area contributed by atoms with Crippen LogP contribution < -0.4 is 0 Å². The van der Waals surface area contributed by atoms with Crippen LogP contribution in [0.5, 0.6) is 0 Å². The van der Waals surface area contributed by atoms with E-state index in [9.17, 15) is 0 Å². The molecule has 0 saturated heterocycles. The molecule has 0 unspecified atom stereocenters. The summed E-state index contributed by atoms with van der Waals surface area (Å²) in [6.45, 7) is 1.97. The van der Waals surface area contributed by atoms with Crippen LogP contribution in [0.1, 0.15) is 5.56 Å². The molecule has 3 nitrogen and oxygen atoms in total. The van der Waals surface area contributed by atoms with Crippen molar-refractivity contribution in [3.63, 3.8) is 0 Å². The maximum absolute atomic E-state index is 5.93. The highest BCUT2D eigenvalue weighted by Crippen LogP contribution is 2.25. The van der Waals surface area contributed by atoms with Crippen LogP contribution in [-0.2, 0) is 0 Å². The van der Waals surface area contributed by atoms with Gasteiger partial charge in [0.05, 0.1) is 0 Å². The molecule has 0 bridgehead atoms. The number of rotatable bonds is 1. The highest BCUT2D eigenvalue weighted by molar-refractivity contribution is 6.30. The lowest BCUT2D eigenvalue weighted by Crippen LogP contribution is -1.77. The van der Waals surface area contributed by atoms with Crippen LogP contribution in [-0.4, -0.2) is 9.97 Å². The Balaban J connectivity index is 2.18. The van der Waals surface area contributed by atoms with Crippen molar-refractivity contribution < 1.29 is 4.42 Å². The first kappa shape index (κ1) is 10.3. The number of halogens is 1. The fraction of sp³-hybridized carbons (Fsp3) is 0.0769. The standard InChI is InChI=1S/C13H9ClN2O/c1-8-5-11-13(15-7-8)17-12(16-11)9-3-2-4-10(14)6-9/h2-7H,1H3. The van der Waals surface area contributed by atoms with Gasteiger partial charge in [-0.1, -0.05) is 17.7 Å². The molecule has 84 valence electrons. The minimum absolute atomic E-state index is 0.542. The zero-order valence-corrected chi connectivity index (χ0v) is 9.90. The van der Waals surface area contributed by atoms with Gasteiger partial charge in [0.2, 0.25) is 11.6 Å². The molecule has 2 aromatic heterocycles. The summed E-state index contributed by atoms with van der Waals surface area (Å²) >= 11 is 5.93. The molecule has 2 heterocycles. The summed E-state index contributed by atoms with van der Waals surface area (Å²) in [5.41, 5.74) is 3.22. The van der Waals surface area contributed by atoms with E-state index in [4.69, 9.17) is 16.0 Å². The fourth-order valence-corrected chi connectivity index (χ4v) is 1.86. The van der Waals surface area contributed by atoms with E-state index in [1.807, 2.05) is 37.3 Å². The molecule has 0 aliphatic rings. The third-order valence-corrected chi connectivity index (χ3v) is 2.69. The lowest BCUT2D eigenvalue weighted by Gasteiger charge is -1.94. The predicted octanol–water partition coefficient (Wildman–Crippen LogP) is 3.85. The minimum atomic E-state index is 0.542. The summed E-state index contributed by atoms with van der Waals surface area (Å²) in [5, 5.41) is 0.661. The molecule has 3 rings (SSSR count). The van der Waals surface area contributed by atoms with Gasteiger partial charge in [-0.2, -0.15) is 0 Å². The van der Waals surface area contributed by atoms with Gasteiger partial charge in [0.15, 0.2) is 0 Å². The molecule has 0 amide bonds. The SMILES string of the molecule is Cc1cnc2oc(-c3cccc(Cl)c3)nc2c1. The van der Waals surface area contributed by atoms with Crippen LogP contribution in [0.4, 0.5) is 0 Å². The van der Waals surface area contributed by atoms with Crippen molar-refractivity contribution in [1.82, 2.24) is 9.97 Å². The van der Waals surface area contributed by atoms with Gasteiger partial charge in [-0.15, -0.1) is 0 Å². The Morgan fingerprint density at radius 2 is 2.12 bits per heavy atom. The summed E-state index contributed by atoms with van der Waals surface area (Å²) in [7, 11) is 0. The van der Waals surface area contributed by atoms with Crippen LogP contribution in [0, 0.1) is 6.92 Å². The predicted molar refractivity (Wildman–Crippen MR) is 67.0 cm³/mol. The second-order valence-electron chi connectivity index (χ2n) is 3.87. The molecule has 17 heavy (non-hydrogen) atoms. The Labute approximate surface area is 103 Å². The Morgan fingerprint density at radius 1 is 1.24 bits per heavy atom. The van der Waals surface area contributed by atoms with Crippen molar-refractivity contribution in [3.05, 3.63) is 47.1 Å². The summed E-state index contributed by atoms with van der Waals surface area (Å²) < 4.78 is 5.58. The van der Waals surface area contributed by atoms with Gasteiger partial charge in [-0.05, 0) is 36.8 Å². The van der Waals surface area contributed by atoms with E-state index in [0.29, 0.717) is 16.6 Å². The van der Waals surface area contributed by atoms with Crippen LogP contribution >= 0.6 is 11.6 Å². The van der Waals surface area contributed by atoms with Crippen molar-refractivity contribution in [2.75, 3.05) is 0 Å². The zero-order chi connectivity index (χ0) is 11.8. The number of hydrogen-bond donors (Lipinski definition) is 0. The van der Waals surface area contributed by atoms with Crippen molar-refractivity contribution in [2.45, 2.75) is 6.92 Å². The number of aromatic nitrogens is 2. The largest absolute Gasteiger partial charge is 0.418 e. The number of fused-ring (bicyclic) bond motifs is 1. The van der Waals surface area contributed by atoms with Crippen molar-refractivity contribution in [1.29, 1.82) is 0 Å². The van der Waals surface area contributed by atoms with Crippen molar-refractivity contribution >= 4 is 22.8 Å². The molecule has 0 fully saturated rings. The Kier molecular flexibility index (Phi) is 2.34. The molecule has 1 aromatic carbocycles. The van der Waals surface area contributed by atoms with E-state index in [2.05, 4.69) is 9.97 Å². The van der Waals surface area contributed by atoms with Gasteiger partial charge >= 0.3 is 0 Å². The van der Waals surface area contributed by atoms with E-state index in [1.165, 1.54) is 0 Å². The van der Waals surface area contributed by atoms with E-state index in [-0.39, 0.29) is 0 Å². The Bertz CT molecular complexity index is 691. The average Bonchev–Trinajstić information content (AvgIpc) is 2.72. The van der Waals surface area contributed by atoms with Crippen LogP contribution in [0.2, 0.25) is 5.02 Å². The Morgan fingerprint density at radius 3 is 2.94 bits per heavy atom. The van der Waals surface area contributed by atoms with Gasteiger partial charge in [0.1, 0.15) is 5.52 Å². The smallest absolute Gasteiger partial charge is 0.247 e. The van der Waals surface area contributed by atoms with Crippen molar-refractivity contribution in [3.8, 4) is 11.5 Å². The van der Waals surface area contributed by atoms with Gasteiger partial charge in [0.25, 0.3) is 0 Å². The first-order valence-electron chi connectivity index (χ1n) is 5.21. The number of nitrogens with zero attached hydrogens (tertiary/aromatic N) is 2. The molecule has 0 aliphatic carbocycles. The monoisotopic (exact) mass is 244 g/mol. The molecule has 0 spiro atoms. The summed E-state index contributed by atoms with van der Waals surface area (Å²) in [5.74, 6) is 0.542. The molecular weight excluding hydrogens is 236 g/mol. The highest BCUT2D eigenvalue weighted by atomic mass is 35.5. The molecule has 4 heteroatoms. The van der Waals surface area contributed by atoms with E-state index >= 15 is 0 Å². The molecule has 0 radical (unpaired) electrons. The van der Waals surface area contributed by atoms with Crippen LogP contribution in [0.3, 0.4) is 0 Å². The highest BCUT2D eigenvalue weighted by Gasteiger charge is 2.09. The quantitative estimate of drug-likeness (QED) is 0.653. The third kappa shape index (κ3) is 1.89. The summed E-state index contributed by atoms with van der Waals surface area (Å²) in [6.07, 6.45) is 1.76. The summed E-state index contributed by atoms with van der Waals surface area (Å²) in [4.78, 5) is 8.58. The molecule has 0 N–H and O–H groups in total. The van der Waals surface area contributed by atoms with E-state index in [0.717, 1.165) is 16.6 Å². The molecule has 0 atom stereocenters. The normalized spacial score (nSPS) is 10.9. The first-order valence-corrected chi connectivity index (χ1v) is 5.59. The average molecular weight is 245 g/mol. The molecule has 3 aromatic rings. The number of oxazole rings is 1. The number of benzene rings is 1. The van der Waals surface area contributed by atoms with E-state index < -0.39 is 0 Å². The lowest BCUT2D eigenvalue weighted by atomic mass is 10.2. The lowest BCUT2D eigenvalue weighted by molar-refractivity contribution is 0.607. The summed E-state index contributed by atoms with van der Waals surface area (Å²) in [6, 6.07) is 9.35. The van der Waals surface area contributed by atoms with Crippen LogP contribution in [0.15, 0.2) is 40.9 Å². The van der Waals surface area contributed by atoms with Gasteiger partial charge in [-0.25, -0.2) is 9.97 Å². The number of pyridine rings is 1. The third-order valence-electron chi connectivity index (χ3n) is 2.46. The second-order valence-corrected chi connectivity index (χ2v) is 4.30. The Hall–Kier alpha value is -1.87. The minimum Gasteiger partial charge on any atom is -0.418 e. The van der Waals surface area contributed by atoms with Gasteiger partial charge < -0.3 is 4.42 Å². The van der Waals surface area contributed by atoms with Gasteiger partial charge in [-0.3, -0.25) is 0 Å².